The van der Waals surface area contributed by atoms with Gasteiger partial charge in [-0.15, -0.1) is 0 Å². The SMILES string of the molecule is CC(C)Cc1ccc(C(C)(C(=O)O)c2ccc(CC(C)C)cc2)cc1. The van der Waals surface area contributed by atoms with Gasteiger partial charge in [-0.25, -0.2) is 0 Å². The summed E-state index contributed by atoms with van der Waals surface area (Å²) in [7, 11) is 0. The second-order valence-electron chi connectivity index (χ2n) is 8.02. The van der Waals surface area contributed by atoms with E-state index in [-0.39, 0.29) is 0 Å². The molecule has 0 aromatic heterocycles. The van der Waals surface area contributed by atoms with Crippen molar-refractivity contribution < 1.29 is 9.90 Å². The highest BCUT2D eigenvalue weighted by Crippen LogP contribution is 2.33. The van der Waals surface area contributed by atoms with Crippen LogP contribution in [0, 0.1) is 11.8 Å². The molecule has 0 fully saturated rings. The normalized spacial score (nSPS) is 12.0. The maximum atomic E-state index is 12.1. The average molecular weight is 338 g/mol. The summed E-state index contributed by atoms with van der Waals surface area (Å²) in [6.07, 6.45) is 2.02. The van der Waals surface area contributed by atoms with Gasteiger partial charge >= 0.3 is 5.97 Å². The Morgan fingerprint density at radius 2 is 1.12 bits per heavy atom. The largest absolute Gasteiger partial charge is 0.480 e. The molecule has 1 N–H and O–H groups in total. The molecule has 0 aliphatic carbocycles. The minimum absolute atomic E-state index is 0.588. The summed E-state index contributed by atoms with van der Waals surface area (Å²) in [5, 5.41) is 9.97. The monoisotopic (exact) mass is 338 g/mol. The first kappa shape index (κ1) is 19.2. The lowest BCUT2D eigenvalue weighted by Crippen LogP contribution is -2.33. The smallest absolute Gasteiger partial charge is 0.318 e. The lowest BCUT2D eigenvalue weighted by Gasteiger charge is -2.26. The summed E-state index contributed by atoms with van der Waals surface area (Å²) in [6, 6.07) is 16.1. The number of carbonyl (C=O) groups is 1. The first-order valence-corrected chi connectivity index (χ1v) is 9.15. The van der Waals surface area contributed by atoms with Crippen molar-refractivity contribution in [3.8, 4) is 0 Å². The molecule has 0 aliphatic heterocycles. The van der Waals surface area contributed by atoms with Crippen molar-refractivity contribution >= 4 is 5.97 Å². The van der Waals surface area contributed by atoms with Crippen molar-refractivity contribution in [3.05, 3.63) is 70.8 Å². The van der Waals surface area contributed by atoms with Gasteiger partial charge in [0.05, 0.1) is 0 Å². The molecular formula is C23H30O2. The molecule has 0 unspecified atom stereocenters. The fourth-order valence-corrected chi connectivity index (χ4v) is 3.30. The molecule has 2 heteroatoms. The summed E-state index contributed by atoms with van der Waals surface area (Å²) in [5.74, 6) is 0.358. The van der Waals surface area contributed by atoms with E-state index in [9.17, 15) is 9.90 Å². The Morgan fingerprint density at radius 3 is 1.36 bits per heavy atom. The lowest BCUT2D eigenvalue weighted by atomic mass is 9.75. The van der Waals surface area contributed by atoms with Crippen molar-refractivity contribution in [1.82, 2.24) is 0 Å². The topological polar surface area (TPSA) is 37.3 Å². The Morgan fingerprint density at radius 1 is 0.800 bits per heavy atom. The van der Waals surface area contributed by atoms with Gasteiger partial charge in [-0.3, -0.25) is 4.79 Å². The molecule has 0 spiro atoms. The van der Waals surface area contributed by atoms with E-state index in [0.29, 0.717) is 11.8 Å². The van der Waals surface area contributed by atoms with E-state index in [0.717, 1.165) is 24.0 Å². The Labute approximate surface area is 151 Å². The fourth-order valence-electron chi connectivity index (χ4n) is 3.30. The highest BCUT2D eigenvalue weighted by Gasteiger charge is 2.37. The van der Waals surface area contributed by atoms with E-state index in [4.69, 9.17) is 0 Å². The highest BCUT2D eigenvalue weighted by molar-refractivity contribution is 5.85. The zero-order chi connectivity index (χ0) is 18.6. The molecule has 25 heavy (non-hydrogen) atoms. The molecule has 134 valence electrons. The van der Waals surface area contributed by atoms with Crippen LogP contribution in [0.25, 0.3) is 0 Å². The van der Waals surface area contributed by atoms with Crippen molar-refractivity contribution in [3.63, 3.8) is 0 Å². The average Bonchev–Trinajstić information content (AvgIpc) is 2.54. The first-order chi connectivity index (χ1) is 11.7. The van der Waals surface area contributed by atoms with Crippen LogP contribution in [0.2, 0.25) is 0 Å². The van der Waals surface area contributed by atoms with Gasteiger partial charge in [-0.1, -0.05) is 76.2 Å². The molecule has 0 radical (unpaired) electrons. The summed E-state index contributed by atoms with van der Waals surface area (Å²) < 4.78 is 0. The number of benzene rings is 2. The van der Waals surface area contributed by atoms with E-state index in [1.165, 1.54) is 11.1 Å². The number of carboxylic acid groups (broad SMARTS) is 1. The quantitative estimate of drug-likeness (QED) is 0.726. The molecule has 2 aromatic carbocycles. The zero-order valence-electron chi connectivity index (χ0n) is 16.0. The Balaban J connectivity index is 2.36. The van der Waals surface area contributed by atoms with Crippen LogP contribution >= 0.6 is 0 Å². The maximum Gasteiger partial charge on any atom is 0.318 e. The van der Waals surface area contributed by atoms with Gasteiger partial charge in [-0.2, -0.15) is 0 Å². The molecule has 0 bridgehead atoms. The van der Waals surface area contributed by atoms with Crippen LogP contribution in [0.5, 0.6) is 0 Å². The van der Waals surface area contributed by atoms with Crippen LogP contribution in [-0.4, -0.2) is 11.1 Å². The third-order valence-electron chi connectivity index (χ3n) is 4.78. The molecule has 0 amide bonds. The van der Waals surface area contributed by atoms with Crippen LogP contribution in [0.15, 0.2) is 48.5 Å². The first-order valence-electron chi connectivity index (χ1n) is 9.15. The Kier molecular flexibility index (Phi) is 6.05. The highest BCUT2D eigenvalue weighted by atomic mass is 16.4. The number of carboxylic acids is 1. The summed E-state index contributed by atoms with van der Waals surface area (Å²) in [6.45, 7) is 10.5. The fraction of sp³-hybridized carbons (Fsp3) is 0.435. The zero-order valence-corrected chi connectivity index (χ0v) is 16.0. The van der Waals surface area contributed by atoms with Crippen molar-refractivity contribution in [2.24, 2.45) is 11.8 Å². The second-order valence-corrected chi connectivity index (χ2v) is 8.02. The van der Waals surface area contributed by atoms with Gasteiger partial charge in [0.15, 0.2) is 0 Å². The molecule has 2 aromatic rings. The van der Waals surface area contributed by atoms with Gasteiger partial charge in [-0.05, 0) is 53.9 Å². The molecular weight excluding hydrogens is 308 g/mol. The molecule has 2 nitrogen and oxygen atoms in total. The lowest BCUT2D eigenvalue weighted by molar-refractivity contribution is -0.141. The minimum atomic E-state index is -1.03. The second kappa shape index (κ2) is 7.86. The van der Waals surface area contributed by atoms with Crippen LogP contribution < -0.4 is 0 Å². The number of aliphatic carboxylic acids is 1. The summed E-state index contributed by atoms with van der Waals surface area (Å²) in [5.41, 5.74) is 3.11. The predicted octanol–water partition coefficient (Wildman–Crippen LogP) is 5.47. The molecule has 2 rings (SSSR count). The van der Waals surface area contributed by atoms with E-state index >= 15 is 0 Å². The Bertz CT molecular complexity index is 640. The minimum Gasteiger partial charge on any atom is -0.480 e. The van der Waals surface area contributed by atoms with E-state index in [1.807, 2.05) is 24.3 Å². The van der Waals surface area contributed by atoms with E-state index in [1.54, 1.807) is 6.92 Å². The third-order valence-corrected chi connectivity index (χ3v) is 4.78. The third kappa shape index (κ3) is 4.50. The van der Waals surface area contributed by atoms with E-state index < -0.39 is 11.4 Å². The molecule has 0 saturated heterocycles. The van der Waals surface area contributed by atoms with Gasteiger partial charge in [0, 0.05) is 0 Å². The molecule has 0 atom stereocenters. The standard InChI is InChI=1S/C23H30O2/c1-16(2)14-18-6-10-20(11-7-18)23(5,22(24)25)21-12-8-19(9-13-21)15-17(3)4/h6-13,16-17H,14-15H2,1-5H3,(H,24,25). The maximum absolute atomic E-state index is 12.1. The number of hydrogen-bond acceptors (Lipinski definition) is 1. The van der Waals surface area contributed by atoms with Gasteiger partial charge in [0.25, 0.3) is 0 Å². The molecule has 0 saturated carbocycles. The summed E-state index contributed by atoms with van der Waals surface area (Å²) in [4.78, 5) is 12.1. The van der Waals surface area contributed by atoms with Crippen LogP contribution in [0.4, 0.5) is 0 Å². The predicted molar refractivity (Wildman–Crippen MR) is 104 cm³/mol. The van der Waals surface area contributed by atoms with Gasteiger partial charge in [0.2, 0.25) is 0 Å². The van der Waals surface area contributed by atoms with Crippen LogP contribution in [-0.2, 0) is 23.1 Å². The van der Waals surface area contributed by atoms with E-state index in [2.05, 4.69) is 52.0 Å². The van der Waals surface area contributed by atoms with Crippen molar-refractivity contribution in [1.29, 1.82) is 0 Å². The molecule has 0 aliphatic rings. The van der Waals surface area contributed by atoms with Gasteiger partial charge < -0.3 is 5.11 Å². The van der Waals surface area contributed by atoms with Crippen LogP contribution in [0.1, 0.15) is 56.9 Å². The molecule has 0 heterocycles. The van der Waals surface area contributed by atoms with Gasteiger partial charge in [0.1, 0.15) is 5.41 Å². The Hall–Kier alpha value is -2.09. The summed E-state index contributed by atoms with van der Waals surface area (Å²) >= 11 is 0. The van der Waals surface area contributed by atoms with Crippen molar-refractivity contribution in [2.75, 3.05) is 0 Å². The number of hydrogen-bond donors (Lipinski definition) is 1. The van der Waals surface area contributed by atoms with Crippen molar-refractivity contribution in [2.45, 2.75) is 52.9 Å². The number of rotatable bonds is 7. The van der Waals surface area contributed by atoms with Crippen LogP contribution in [0.3, 0.4) is 0 Å².